The van der Waals surface area contributed by atoms with Crippen molar-refractivity contribution in [1.29, 1.82) is 0 Å². The van der Waals surface area contributed by atoms with Crippen molar-refractivity contribution in [1.82, 2.24) is 19.4 Å². The predicted octanol–water partition coefficient (Wildman–Crippen LogP) is 2.48. The van der Waals surface area contributed by atoms with E-state index in [0.29, 0.717) is 19.0 Å². The molecule has 2 fully saturated rings. The minimum absolute atomic E-state index is 0.0124. The number of hydrogen-bond donors (Lipinski definition) is 1. The Labute approximate surface area is 210 Å². The molecule has 0 aliphatic carbocycles. The molecule has 8 heteroatoms. The number of pyridine rings is 1. The number of rotatable bonds is 6. The summed E-state index contributed by atoms with van der Waals surface area (Å²) in [5, 5.41) is 10.5. The molecule has 1 aromatic carbocycles. The number of aliphatic hydroxyl groups is 1. The lowest BCUT2D eigenvalue weighted by Gasteiger charge is -2.37. The summed E-state index contributed by atoms with van der Waals surface area (Å²) in [5.74, 6) is 0.380. The maximum Gasteiger partial charge on any atom is 0.250 e. The fourth-order valence-corrected chi connectivity index (χ4v) is 6.71. The summed E-state index contributed by atoms with van der Waals surface area (Å²) >= 11 is 0. The van der Waals surface area contributed by atoms with Crippen LogP contribution in [0.25, 0.3) is 0 Å². The Hall–Kier alpha value is -3.23. The smallest absolute Gasteiger partial charge is 0.250 e. The summed E-state index contributed by atoms with van der Waals surface area (Å²) in [7, 11) is 0. The van der Waals surface area contributed by atoms with Gasteiger partial charge in [-0.05, 0) is 36.8 Å². The second-order valence-corrected chi connectivity index (χ2v) is 10.4. The second kappa shape index (κ2) is 9.67. The van der Waals surface area contributed by atoms with Crippen LogP contribution < -0.4 is 5.56 Å². The molecule has 8 nitrogen and oxygen atoms in total. The lowest BCUT2D eigenvalue weighted by molar-refractivity contribution is -0.140. The van der Waals surface area contributed by atoms with Gasteiger partial charge in [0.05, 0.1) is 17.8 Å². The lowest BCUT2D eigenvalue weighted by Crippen LogP contribution is -2.51. The number of hydrogen-bond acceptors (Lipinski definition) is 6. The number of nitrogens with zero attached hydrogens (tertiary/aromatic N) is 4. The van der Waals surface area contributed by atoms with Crippen LogP contribution in [0.15, 0.2) is 70.4 Å². The first-order chi connectivity index (χ1) is 17.6. The minimum atomic E-state index is -0.462. The van der Waals surface area contributed by atoms with Crippen molar-refractivity contribution in [2.24, 2.45) is 17.8 Å². The number of oxazole rings is 1. The van der Waals surface area contributed by atoms with Gasteiger partial charge in [-0.3, -0.25) is 14.5 Å². The Kier molecular flexibility index (Phi) is 6.23. The van der Waals surface area contributed by atoms with Crippen LogP contribution in [0.3, 0.4) is 0 Å². The van der Waals surface area contributed by atoms with E-state index in [-0.39, 0.29) is 36.0 Å². The Morgan fingerprint density at radius 3 is 2.61 bits per heavy atom. The van der Waals surface area contributed by atoms with E-state index in [2.05, 4.69) is 34.1 Å². The average molecular weight is 489 g/mol. The van der Waals surface area contributed by atoms with Crippen LogP contribution in [0, 0.1) is 17.8 Å². The molecule has 1 N–H and O–H groups in total. The molecule has 0 radical (unpaired) electrons. The molecule has 1 amide bonds. The van der Waals surface area contributed by atoms with Crippen LogP contribution in [0.1, 0.15) is 35.8 Å². The standard InChI is InChI=1S/C28H32N4O4/c33-16-23-22-15-31-24(7-4-8-25(31)34)26(22)32(14-21-17-36-18-29-21)27(23)28(35)30-11-9-20(10-12-30)13-19-5-2-1-3-6-19/h1-8,17-18,20,22-23,26-27,33H,9-16H2/t22-,23-,26+,27-/m1/s1. The Morgan fingerprint density at radius 2 is 1.89 bits per heavy atom. The molecule has 2 aromatic heterocycles. The summed E-state index contributed by atoms with van der Waals surface area (Å²) in [6, 6.07) is 15.3. The number of benzene rings is 1. The zero-order chi connectivity index (χ0) is 24.6. The largest absolute Gasteiger partial charge is 0.451 e. The van der Waals surface area contributed by atoms with E-state index < -0.39 is 6.04 Å². The van der Waals surface area contributed by atoms with Crippen molar-refractivity contribution in [2.45, 2.75) is 44.4 Å². The van der Waals surface area contributed by atoms with Crippen molar-refractivity contribution < 1.29 is 14.3 Å². The molecule has 6 rings (SSSR count). The SMILES string of the molecule is O=C([C@H]1[C@H](CO)[C@H]2Cn3c(cccc3=O)[C@H]2N1Cc1cocn1)N1CCC(Cc2ccccc2)CC1. The summed E-state index contributed by atoms with van der Waals surface area (Å²) in [5.41, 5.74) is 2.96. The van der Waals surface area contributed by atoms with Gasteiger partial charge >= 0.3 is 0 Å². The zero-order valence-corrected chi connectivity index (χ0v) is 20.3. The van der Waals surface area contributed by atoms with Crippen LogP contribution >= 0.6 is 0 Å². The van der Waals surface area contributed by atoms with E-state index >= 15 is 0 Å². The van der Waals surface area contributed by atoms with Gasteiger partial charge in [0.15, 0.2) is 6.39 Å². The van der Waals surface area contributed by atoms with Crippen LogP contribution in [0.5, 0.6) is 0 Å². The molecule has 3 aromatic rings. The maximum atomic E-state index is 14.0. The molecule has 2 saturated heterocycles. The van der Waals surface area contributed by atoms with Gasteiger partial charge in [0.25, 0.3) is 5.56 Å². The Morgan fingerprint density at radius 1 is 1.08 bits per heavy atom. The number of amides is 1. The summed E-state index contributed by atoms with van der Waals surface area (Å²) < 4.78 is 7.01. The molecule has 0 unspecified atom stereocenters. The van der Waals surface area contributed by atoms with Gasteiger partial charge in [-0.1, -0.05) is 36.4 Å². The van der Waals surface area contributed by atoms with Crippen molar-refractivity contribution in [2.75, 3.05) is 19.7 Å². The molecule has 36 heavy (non-hydrogen) atoms. The molecule has 3 aliphatic rings. The highest BCUT2D eigenvalue weighted by molar-refractivity contribution is 5.83. The van der Waals surface area contributed by atoms with Crippen molar-refractivity contribution in [3.63, 3.8) is 0 Å². The molecule has 4 atom stereocenters. The van der Waals surface area contributed by atoms with Gasteiger partial charge in [-0.25, -0.2) is 4.98 Å². The van der Waals surface area contributed by atoms with Crippen LogP contribution in [0.2, 0.25) is 0 Å². The third kappa shape index (κ3) is 4.08. The second-order valence-electron chi connectivity index (χ2n) is 10.4. The summed E-state index contributed by atoms with van der Waals surface area (Å²) in [6.07, 6.45) is 6.00. The van der Waals surface area contributed by atoms with Crippen molar-refractivity contribution in [3.05, 3.63) is 88.5 Å². The molecule has 0 bridgehead atoms. The van der Waals surface area contributed by atoms with Crippen LogP contribution in [-0.4, -0.2) is 56.1 Å². The third-order valence-electron chi connectivity index (χ3n) is 8.44. The maximum absolute atomic E-state index is 14.0. The number of fused-ring (bicyclic) bond motifs is 3. The zero-order valence-electron chi connectivity index (χ0n) is 20.3. The highest BCUT2D eigenvalue weighted by atomic mass is 16.3. The van der Waals surface area contributed by atoms with Gasteiger partial charge < -0.3 is 19.0 Å². The van der Waals surface area contributed by atoms with Gasteiger partial charge in [-0.2, -0.15) is 0 Å². The first kappa shape index (κ1) is 23.2. The van der Waals surface area contributed by atoms with Crippen molar-refractivity contribution in [3.8, 4) is 0 Å². The minimum Gasteiger partial charge on any atom is -0.451 e. The van der Waals surface area contributed by atoms with E-state index in [9.17, 15) is 14.7 Å². The van der Waals surface area contributed by atoms with Gasteiger partial charge in [0.1, 0.15) is 6.26 Å². The first-order valence-electron chi connectivity index (χ1n) is 12.9. The molecule has 0 saturated carbocycles. The van der Waals surface area contributed by atoms with Crippen LogP contribution in [-0.2, 0) is 24.3 Å². The number of likely N-dealkylation sites (tertiary alicyclic amines) is 2. The van der Waals surface area contributed by atoms with E-state index in [1.807, 2.05) is 17.0 Å². The molecule has 188 valence electrons. The van der Waals surface area contributed by atoms with Gasteiger partial charge in [-0.15, -0.1) is 0 Å². The molecule has 0 spiro atoms. The molecular formula is C28H32N4O4. The normalized spacial score (nSPS) is 26.2. The van der Waals surface area contributed by atoms with Gasteiger partial charge in [0, 0.05) is 56.4 Å². The summed E-state index contributed by atoms with van der Waals surface area (Å²) in [4.78, 5) is 35.1. The van der Waals surface area contributed by atoms with E-state index in [4.69, 9.17) is 4.42 Å². The molecular weight excluding hydrogens is 456 g/mol. The quantitative estimate of drug-likeness (QED) is 0.573. The molecule has 3 aliphatic heterocycles. The lowest BCUT2D eigenvalue weighted by atomic mass is 9.86. The predicted molar refractivity (Wildman–Crippen MR) is 133 cm³/mol. The summed E-state index contributed by atoms with van der Waals surface area (Å²) in [6.45, 7) is 2.31. The van der Waals surface area contributed by atoms with E-state index in [0.717, 1.165) is 43.7 Å². The fourth-order valence-electron chi connectivity index (χ4n) is 6.71. The topological polar surface area (TPSA) is 91.8 Å². The number of aliphatic hydroxyl groups excluding tert-OH is 1. The number of aromatic nitrogens is 2. The average Bonchev–Trinajstić information content (AvgIpc) is 3.61. The number of carbonyl (C=O) groups is 1. The first-order valence-corrected chi connectivity index (χ1v) is 12.9. The van der Waals surface area contributed by atoms with Gasteiger partial charge in [0.2, 0.25) is 5.91 Å². The Balaban J connectivity index is 1.24. The van der Waals surface area contributed by atoms with Crippen LogP contribution in [0.4, 0.5) is 0 Å². The van der Waals surface area contributed by atoms with E-state index in [1.165, 1.54) is 12.0 Å². The molecule has 5 heterocycles. The highest BCUT2D eigenvalue weighted by Gasteiger charge is 2.56. The van der Waals surface area contributed by atoms with Crippen molar-refractivity contribution >= 4 is 5.91 Å². The Bertz CT molecular complexity index is 1250. The fraction of sp³-hybridized carbons (Fsp3) is 0.464. The number of piperidine rings is 1. The monoisotopic (exact) mass is 488 g/mol. The third-order valence-corrected chi connectivity index (χ3v) is 8.44. The number of carbonyl (C=O) groups excluding carboxylic acids is 1. The van der Waals surface area contributed by atoms with E-state index in [1.54, 1.807) is 23.0 Å². The highest BCUT2D eigenvalue weighted by Crippen LogP contribution is 2.50.